The monoisotopic (exact) mass is 455 g/mol. The molecule has 0 aromatic carbocycles. The largest absolute Gasteiger partial charge is 0.550 e. The van der Waals surface area contributed by atoms with Crippen LogP contribution in [0.2, 0.25) is 0 Å². The van der Waals surface area contributed by atoms with Crippen LogP contribution in [0.1, 0.15) is 129 Å². The first-order chi connectivity index (χ1) is 15.3. The molecule has 0 heterocycles. The van der Waals surface area contributed by atoms with Crippen molar-refractivity contribution in [3.63, 3.8) is 0 Å². The summed E-state index contributed by atoms with van der Waals surface area (Å²) in [5, 5.41) is 10.7. The zero-order valence-corrected chi connectivity index (χ0v) is 21.8. The number of esters is 1. The smallest absolute Gasteiger partial charge is 0.303 e. The van der Waals surface area contributed by atoms with Crippen LogP contribution in [0.15, 0.2) is 0 Å². The molecule has 1 atom stereocenters. The summed E-state index contributed by atoms with van der Waals surface area (Å²) in [6.07, 6.45) is 22.2. The summed E-state index contributed by atoms with van der Waals surface area (Å²) in [6, 6.07) is 0. The highest BCUT2D eigenvalue weighted by atomic mass is 16.5. The molecule has 5 nitrogen and oxygen atoms in total. The second kappa shape index (κ2) is 20.5. The molecule has 0 N–H and O–H groups in total. The Kier molecular flexibility index (Phi) is 19.8. The molecule has 0 saturated carbocycles. The van der Waals surface area contributed by atoms with Gasteiger partial charge in [0.2, 0.25) is 0 Å². The summed E-state index contributed by atoms with van der Waals surface area (Å²) in [5.41, 5.74) is 0. The Balaban J connectivity index is 3.69. The summed E-state index contributed by atoms with van der Waals surface area (Å²) >= 11 is 0. The van der Waals surface area contributed by atoms with E-state index in [-0.39, 0.29) is 18.5 Å². The number of hydrogen-bond acceptors (Lipinski definition) is 4. The van der Waals surface area contributed by atoms with Crippen LogP contribution in [0.25, 0.3) is 0 Å². The number of hydrogen-bond donors (Lipinski definition) is 0. The molecular weight excluding hydrogens is 402 g/mol. The normalized spacial score (nSPS) is 12.6. The fraction of sp³-hybridized carbons (Fsp3) is 0.926. The van der Waals surface area contributed by atoms with E-state index in [0.717, 1.165) is 12.8 Å². The lowest BCUT2D eigenvalue weighted by molar-refractivity contribution is -0.892. The molecule has 1 unspecified atom stereocenters. The molecule has 0 aliphatic carbocycles. The lowest BCUT2D eigenvalue weighted by Crippen LogP contribution is -2.48. The van der Waals surface area contributed by atoms with Crippen LogP contribution in [0.3, 0.4) is 0 Å². The van der Waals surface area contributed by atoms with Crippen molar-refractivity contribution in [2.45, 2.75) is 136 Å². The average Bonchev–Trinajstić information content (AvgIpc) is 2.71. The fourth-order valence-electron chi connectivity index (χ4n) is 4.38. The second-order valence-corrected chi connectivity index (χ2v) is 10.3. The number of carboxylic acid groups (broad SMARTS) is 1. The number of likely N-dealkylation sites (N-methyl/N-ethyl adjacent to an activating group) is 1. The van der Waals surface area contributed by atoms with E-state index in [4.69, 9.17) is 4.74 Å². The van der Waals surface area contributed by atoms with E-state index in [1.54, 1.807) is 0 Å². The highest BCUT2D eigenvalue weighted by Crippen LogP contribution is 2.16. The maximum absolute atomic E-state index is 11.4. The van der Waals surface area contributed by atoms with Crippen LogP contribution in [-0.2, 0) is 14.3 Å². The molecule has 0 aromatic heterocycles. The van der Waals surface area contributed by atoms with E-state index in [1.165, 1.54) is 103 Å². The molecule has 0 spiro atoms. The van der Waals surface area contributed by atoms with Crippen molar-refractivity contribution in [3.8, 4) is 0 Å². The minimum absolute atomic E-state index is 0.0266. The third-order valence-corrected chi connectivity index (χ3v) is 6.33. The molecule has 0 radical (unpaired) electrons. The summed E-state index contributed by atoms with van der Waals surface area (Å²) in [7, 11) is 3.96. The topological polar surface area (TPSA) is 66.4 Å². The van der Waals surface area contributed by atoms with Crippen molar-refractivity contribution in [3.05, 3.63) is 0 Å². The molecule has 0 saturated heterocycles. The fourth-order valence-corrected chi connectivity index (χ4v) is 4.38. The van der Waals surface area contributed by atoms with Gasteiger partial charge in [-0.05, 0) is 12.8 Å². The van der Waals surface area contributed by atoms with Crippen molar-refractivity contribution >= 4 is 11.9 Å². The van der Waals surface area contributed by atoms with Gasteiger partial charge in [0.1, 0.15) is 6.54 Å². The predicted octanol–water partition coefficient (Wildman–Crippen LogP) is 5.79. The molecule has 0 amide bonds. The molecule has 5 heteroatoms. The number of carboxylic acids is 1. The lowest BCUT2D eigenvalue weighted by Gasteiger charge is -2.33. The molecule has 0 aliphatic rings. The number of carbonyl (C=O) groups is 2. The van der Waals surface area contributed by atoms with Gasteiger partial charge in [0.25, 0.3) is 0 Å². The van der Waals surface area contributed by atoms with E-state index >= 15 is 0 Å². The van der Waals surface area contributed by atoms with Gasteiger partial charge in [0.05, 0.1) is 20.6 Å². The zero-order valence-electron chi connectivity index (χ0n) is 21.8. The predicted molar refractivity (Wildman–Crippen MR) is 131 cm³/mol. The van der Waals surface area contributed by atoms with Gasteiger partial charge in [0.15, 0.2) is 6.10 Å². The van der Waals surface area contributed by atoms with Crippen LogP contribution in [0, 0.1) is 0 Å². The molecule has 32 heavy (non-hydrogen) atoms. The first-order valence-corrected chi connectivity index (χ1v) is 13.5. The van der Waals surface area contributed by atoms with Crippen LogP contribution in [0.4, 0.5) is 0 Å². The highest BCUT2D eigenvalue weighted by Gasteiger charge is 2.24. The quantitative estimate of drug-likeness (QED) is 0.111. The van der Waals surface area contributed by atoms with E-state index in [2.05, 4.69) is 6.92 Å². The van der Waals surface area contributed by atoms with Gasteiger partial charge >= 0.3 is 5.97 Å². The molecule has 0 fully saturated rings. The molecule has 0 aromatic rings. The van der Waals surface area contributed by atoms with Crippen LogP contribution >= 0.6 is 0 Å². The number of rotatable bonds is 23. The molecule has 0 aliphatic heterocycles. The van der Waals surface area contributed by atoms with Gasteiger partial charge in [-0.2, -0.15) is 0 Å². The Labute approximate surface area is 198 Å². The van der Waals surface area contributed by atoms with Gasteiger partial charge < -0.3 is 19.1 Å². The van der Waals surface area contributed by atoms with E-state index < -0.39 is 5.97 Å². The second-order valence-electron chi connectivity index (χ2n) is 10.3. The van der Waals surface area contributed by atoms with Crippen molar-refractivity contribution in [2.24, 2.45) is 0 Å². The lowest BCUT2D eigenvalue weighted by atomic mass is 10.0. The zero-order chi connectivity index (χ0) is 24.1. The van der Waals surface area contributed by atoms with Gasteiger partial charge in [-0.3, -0.25) is 4.79 Å². The molecule has 0 bridgehead atoms. The Morgan fingerprint density at radius 3 is 1.53 bits per heavy atom. The number of nitrogens with zero attached hydrogens (tertiary/aromatic N) is 1. The number of ether oxygens (including phenoxy) is 1. The van der Waals surface area contributed by atoms with E-state index in [9.17, 15) is 14.7 Å². The number of carbonyl (C=O) groups excluding carboxylic acids is 2. The van der Waals surface area contributed by atoms with E-state index in [1.807, 2.05) is 14.1 Å². The van der Waals surface area contributed by atoms with Gasteiger partial charge in [-0.15, -0.1) is 0 Å². The summed E-state index contributed by atoms with van der Waals surface area (Å²) < 4.78 is 6.02. The maximum Gasteiger partial charge on any atom is 0.303 e. The molecule has 0 rings (SSSR count). The first-order valence-electron chi connectivity index (χ1n) is 13.5. The highest BCUT2D eigenvalue weighted by molar-refractivity contribution is 5.66. The van der Waals surface area contributed by atoms with Crippen molar-refractivity contribution < 1.29 is 23.9 Å². The Hall–Kier alpha value is -1.10. The first kappa shape index (κ1) is 30.9. The number of quaternary nitrogens is 1. The van der Waals surface area contributed by atoms with Gasteiger partial charge in [-0.25, -0.2) is 0 Å². The van der Waals surface area contributed by atoms with Crippen molar-refractivity contribution in [1.82, 2.24) is 0 Å². The minimum atomic E-state index is -1.03. The van der Waals surface area contributed by atoms with Crippen molar-refractivity contribution in [1.29, 1.82) is 0 Å². The van der Waals surface area contributed by atoms with E-state index in [0.29, 0.717) is 17.6 Å². The summed E-state index contributed by atoms with van der Waals surface area (Å²) in [5.74, 6) is -1.29. The van der Waals surface area contributed by atoms with Crippen LogP contribution < -0.4 is 5.11 Å². The number of aliphatic carboxylic acids is 1. The van der Waals surface area contributed by atoms with Crippen molar-refractivity contribution in [2.75, 3.05) is 27.2 Å². The standard InChI is InChI=1S/C27H53NO4/c1-5-6-7-8-9-10-11-12-13-14-15-16-17-18-19-20-21-26(32-25(2)29)24-28(3,4)23-22-27(30)31/h26H,5-24H2,1-4H3. The maximum atomic E-state index is 11.4. The van der Waals surface area contributed by atoms with Gasteiger partial charge in [-0.1, -0.05) is 103 Å². The average molecular weight is 456 g/mol. The Morgan fingerprint density at radius 1 is 0.750 bits per heavy atom. The Bertz CT molecular complexity index is 465. The molecular formula is C27H53NO4. The minimum Gasteiger partial charge on any atom is -0.550 e. The number of unbranched alkanes of at least 4 members (excludes halogenated alkanes) is 15. The third kappa shape index (κ3) is 22.1. The SMILES string of the molecule is CCCCCCCCCCCCCCCCCCC(C[N+](C)(C)CCC(=O)[O-])OC(C)=O. The van der Waals surface area contributed by atoms with Crippen LogP contribution in [0.5, 0.6) is 0 Å². The summed E-state index contributed by atoms with van der Waals surface area (Å²) in [6.45, 7) is 4.85. The third-order valence-electron chi connectivity index (χ3n) is 6.33. The summed E-state index contributed by atoms with van der Waals surface area (Å²) in [4.78, 5) is 22.2. The molecule has 190 valence electrons. The Morgan fingerprint density at radius 2 is 1.16 bits per heavy atom. The van der Waals surface area contributed by atoms with Gasteiger partial charge in [0, 0.05) is 19.3 Å². The van der Waals surface area contributed by atoms with Crippen LogP contribution in [-0.4, -0.2) is 49.7 Å².